The summed E-state index contributed by atoms with van der Waals surface area (Å²) in [5.74, 6) is 0.814. The maximum atomic E-state index is 13.2. The second kappa shape index (κ2) is 7.88. The van der Waals surface area contributed by atoms with Gasteiger partial charge in [0.15, 0.2) is 0 Å². The minimum Gasteiger partial charge on any atom is -0.447 e. The number of carbonyl (C=O) groups excluding carboxylic acids is 2. The van der Waals surface area contributed by atoms with E-state index in [2.05, 4.69) is 25.8 Å². The van der Waals surface area contributed by atoms with Crippen molar-refractivity contribution in [2.24, 2.45) is 5.73 Å². The lowest BCUT2D eigenvalue weighted by atomic mass is 9.89. The number of carbonyl (C=O) groups is 2. The monoisotopic (exact) mass is 429 g/mol. The highest BCUT2D eigenvalue weighted by Gasteiger charge is 2.35. The molecule has 0 spiro atoms. The van der Waals surface area contributed by atoms with Crippen LogP contribution in [0.2, 0.25) is 0 Å². The maximum absolute atomic E-state index is 13.2. The lowest BCUT2D eigenvalue weighted by Crippen LogP contribution is -2.32. The molecule has 2 aliphatic rings. The van der Waals surface area contributed by atoms with E-state index in [0.29, 0.717) is 30.4 Å². The number of ether oxygens (including phenoxy) is 1. The summed E-state index contributed by atoms with van der Waals surface area (Å²) in [6.45, 7) is 9.00. The third-order valence-electron chi connectivity index (χ3n) is 5.29. The number of anilines is 2. The van der Waals surface area contributed by atoms with Crippen LogP contribution >= 0.6 is 13.5 Å². The summed E-state index contributed by atoms with van der Waals surface area (Å²) in [4.78, 5) is 37.6. The molecule has 1 atom stereocenters. The number of amides is 2. The highest BCUT2D eigenvalue weighted by Crippen LogP contribution is 2.33. The van der Waals surface area contributed by atoms with Crippen molar-refractivity contribution >= 4 is 37.1 Å². The third-order valence-corrected chi connectivity index (χ3v) is 5.29. The van der Waals surface area contributed by atoms with Crippen LogP contribution in [0, 0.1) is 0 Å². The average molecular weight is 430 g/mol. The normalized spacial score (nSPS) is 18.4. The Hall–Kier alpha value is -2.65. The van der Waals surface area contributed by atoms with E-state index in [-0.39, 0.29) is 37.4 Å². The summed E-state index contributed by atoms with van der Waals surface area (Å²) in [7, 11) is 0. The van der Waals surface area contributed by atoms with Crippen LogP contribution in [0.25, 0.3) is 0 Å². The van der Waals surface area contributed by atoms with Gasteiger partial charge in [-0.05, 0) is 25.1 Å². The smallest absolute Gasteiger partial charge is 0.415 e. The number of hydrogen-bond acceptors (Lipinski definition) is 6. The van der Waals surface area contributed by atoms with Crippen LogP contribution in [0.5, 0.6) is 0 Å². The predicted octanol–water partition coefficient (Wildman–Crippen LogP) is 2.85. The highest BCUT2D eigenvalue weighted by atomic mass is 32.1. The van der Waals surface area contributed by atoms with Crippen molar-refractivity contribution in [2.45, 2.75) is 52.2 Å². The first-order valence-corrected chi connectivity index (χ1v) is 9.69. The van der Waals surface area contributed by atoms with E-state index in [9.17, 15) is 9.59 Å². The first kappa shape index (κ1) is 22.0. The van der Waals surface area contributed by atoms with Gasteiger partial charge >= 0.3 is 6.09 Å². The quantitative estimate of drug-likeness (QED) is 0.805. The van der Waals surface area contributed by atoms with E-state index in [0.717, 1.165) is 17.0 Å². The summed E-state index contributed by atoms with van der Waals surface area (Å²) in [5.41, 5.74) is 8.76. The summed E-state index contributed by atoms with van der Waals surface area (Å²) >= 11 is 0. The van der Waals surface area contributed by atoms with Gasteiger partial charge in [-0.1, -0.05) is 26.8 Å². The van der Waals surface area contributed by atoms with Crippen molar-refractivity contribution in [3.8, 4) is 0 Å². The first-order valence-electron chi connectivity index (χ1n) is 9.69. The van der Waals surface area contributed by atoms with Gasteiger partial charge in [-0.25, -0.2) is 9.78 Å². The number of aromatic nitrogens is 2. The number of fused-ring (bicyclic) bond motifs is 1. The van der Waals surface area contributed by atoms with E-state index in [1.54, 1.807) is 23.1 Å². The van der Waals surface area contributed by atoms with Crippen molar-refractivity contribution in [1.82, 2.24) is 9.97 Å². The van der Waals surface area contributed by atoms with Crippen molar-refractivity contribution in [1.29, 1.82) is 0 Å². The molecule has 4 rings (SSSR count). The molecule has 0 saturated carbocycles. The molecule has 2 aliphatic heterocycles. The molecule has 30 heavy (non-hydrogen) atoms. The number of nitrogens with two attached hydrogens (primary N) is 1. The molecule has 160 valence electrons. The van der Waals surface area contributed by atoms with E-state index in [4.69, 9.17) is 15.5 Å². The van der Waals surface area contributed by atoms with E-state index in [1.165, 1.54) is 4.90 Å². The molecule has 2 amide bonds. The van der Waals surface area contributed by atoms with Gasteiger partial charge in [-0.15, -0.1) is 0 Å². The van der Waals surface area contributed by atoms with Crippen molar-refractivity contribution in [3.05, 3.63) is 46.8 Å². The third kappa shape index (κ3) is 3.63. The molecule has 0 aromatic carbocycles. The van der Waals surface area contributed by atoms with Gasteiger partial charge in [0, 0.05) is 28.8 Å². The van der Waals surface area contributed by atoms with E-state index in [1.807, 2.05) is 13.0 Å². The van der Waals surface area contributed by atoms with Crippen LogP contribution in [-0.2, 0) is 23.2 Å². The van der Waals surface area contributed by atoms with Crippen LogP contribution in [-0.4, -0.2) is 34.6 Å². The first-order chi connectivity index (χ1) is 13.7. The van der Waals surface area contributed by atoms with Crippen LogP contribution in [0.4, 0.5) is 16.4 Å². The van der Waals surface area contributed by atoms with Crippen LogP contribution < -0.4 is 15.5 Å². The van der Waals surface area contributed by atoms with Crippen molar-refractivity contribution in [3.63, 3.8) is 0 Å². The van der Waals surface area contributed by atoms with Gasteiger partial charge in [0.05, 0.1) is 18.3 Å². The number of rotatable bonds is 3. The van der Waals surface area contributed by atoms with Gasteiger partial charge < -0.3 is 10.5 Å². The number of hydrogen-bond donors (Lipinski definition) is 1. The predicted molar refractivity (Wildman–Crippen MR) is 119 cm³/mol. The summed E-state index contributed by atoms with van der Waals surface area (Å²) in [5, 5.41) is 0. The molecule has 1 saturated heterocycles. The Labute approximate surface area is 182 Å². The second-order valence-electron chi connectivity index (χ2n) is 8.48. The number of nitrogens with zero attached hydrogens (tertiary/aromatic N) is 4. The molecule has 0 bridgehead atoms. The molecule has 4 heterocycles. The topological polar surface area (TPSA) is 102 Å². The zero-order chi connectivity index (χ0) is 20.9. The molecule has 2 aromatic heterocycles. The fourth-order valence-corrected chi connectivity index (χ4v) is 3.64. The van der Waals surface area contributed by atoms with Gasteiger partial charge in [-0.2, -0.15) is 13.5 Å². The second-order valence-corrected chi connectivity index (χ2v) is 8.48. The Morgan fingerprint density at radius 2 is 1.90 bits per heavy atom. The molecule has 2 aromatic rings. The molecule has 0 unspecified atom stereocenters. The Kier molecular flexibility index (Phi) is 5.79. The molecular weight excluding hydrogens is 402 g/mol. The Bertz CT molecular complexity index is 1000. The number of pyridine rings is 2. The zero-order valence-electron chi connectivity index (χ0n) is 17.6. The lowest BCUT2D eigenvalue weighted by molar-refractivity contribution is 0.0995. The van der Waals surface area contributed by atoms with Gasteiger partial charge in [0.1, 0.15) is 18.2 Å². The van der Waals surface area contributed by atoms with Crippen LogP contribution in [0.1, 0.15) is 55.0 Å². The Balaban J connectivity index is 0.00000256. The fourth-order valence-electron chi connectivity index (χ4n) is 3.64. The standard InChI is InChI=1S/C21H25N5O3.H2S/c1-12-11-29-20(28)26(12)18-7-5-6-17(24-18)25-10-14-13(19(25)27)8-16(21(2,3)4)23-15(14)9-22;/h5-8,12H,9-11,22H2,1-4H3;1H2/t12-;/m0./s1. The van der Waals surface area contributed by atoms with Crippen LogP contribution in [0.15, 0.2) is 24.3 Å². The largest absolute Gasteiger partial charge is 0.447 e. The molecule has 0 radical (unpaired) electrons. The molecule has 8 nitrogen and oxygen atoms in total. The molecule has 1 fully saturated rings. The van der Waals surface area contributed by atoms with E-state index < -0.39 is 6.09 Å². The molecule has 0 aliphatic carbocycles. The van der Waals surface area contributed by atoms with Gasteiger partial charge in [-0.3, -0.25) is 19.6 Å². The van der Waals surface area contributed by atoms with E-state index >= 15 is 0 Å². The SMILES string of the molecule is C[C@H]1COC(=O)N1c1cccc(N2Cc3c(cc(C(C)(C)C)nc3CN)C2=O)n1.S. The summed E-state index contributed by atoms with van der Waals surface area (Å²) in [6.07, 6.45) is -0.428. The minimum absolute atomic E-state index is 0. The Morgan fingerprint density at radius 1 is 1.20 bits per heavy atom. The molecule has 2 N–H and O–H groups in total. The molecule has 9 heteroatoms. The summed E-state index contributed by atoms with van der Waals surface area (Å²) < 4.78 is 5.09. The molecular formula is C21H27N5O3S. The Morgan fingerprint density at radius 3 is 2.50 bits per heavy atom. The lowest BCUT2D eigenvalue weighted by Gasteiger charge is -2.20. The zero-order valence-corrected chi connectivity index (χ0v) is 18.6. The minimum atomic E-state index is -0.428. The highest BCUT2D eigenvalue weighted by molar-refractivity contribution is 7.59. The number of cyclic esters (lactones) is 1. The van der Waals surface area contributed by atoms with Gasteiger partial charge in [0.2, 0.25) is 0 Å². The van der Waals surface area contributed by atoms with Crippen LogP contribution in [0.3, 0.4) is 0 Å². The maximum Gasteiger partial charge on any atom is 0.415 e. The van der Waals surface area contributed by atoms with Crippen molar-refractivity contribution in [2.75, 3.05) is 16.4 Å². The average Bonchev–Trinajstić information content (AvgIpc) is 3.19. The fraction of sp³-hybridized carbons (Fsp3) is 0.429. The van der Waals surface area contributed by atoms with Crippen molar-refractivity contribution < 1.29 is 14.3 Å². The summed E-state index contributed by atoms with van der Waals surface area (Å²) in [6, 6.07) is 7.04. The van der Waals surface area contributed by atoms with Gasteiger partial charge in [0.25, 0.3) is 5.91 Å².